The van der Waals surface area contributed by atoms with E-state index < -0.39 is 0 Å². The molecule has 0 N–H and O–H groups in total. The number of hydrogen-bond acceptors (Lipinski definition) is 1. The van der Waals surface area contributed by atoms with Gasteiger partial charge in [0.2, 0.25) is 0 Å². The minimum Gasteiger partial charge on any atom is -0.294 e. The third-order valence-electron chi connectivity index (χ3n) is 4.43. The summed E-state index contributed by atoms with van der Waals surface area (Å²) in [7, 11) is 0. The Labute approximate surface area is 99.3 Å². The highest BCUT2D eigenvalue weighted by molar-refractivity contribution is 5.97. The number of ketones is 1. The van der Waals surface area contributed by atoms with Crippen LogP contribution in [0, 0.1) is 11.3 Å². The van der Waals surface area contributed by atoms with Crippen LogP contribution in [0.5, 0.6) is 0 Å². The smallest absolute Gasteiger partial charge is 0.162 e. The summed E-state index contributed by atoms with van der Waals surface area (Å²) in [5.74, 6) is 0.779. The molecule has 1 saturated carbocycles. The summed E-state index contributed by atoms with van der Waals surface area (Å²) in [6.45, 7) is 4.53. The molecule has 1 unspecified atom stereocenters. The van der Waals surface area contributed by atoms with Gasteiger partial charge >= 0.3 is 0 Å². The van der Waals surface area contributed by atoms with Crippen molar-refractivity contribution >= 4 is 5.78 Å². The van der Waals surface area contributed by atoms with Crippen LogP contribution in [0.3, 0.4) is 0 Å². The zero-order chi connectivity index (χ0) is 11.6. The number of carbonyl (C=O) groups excluding carboxylic acids is 1. The highest BCUT2D eigenvalue weighted by Gasteiger charge is 2.39. The second-order valence-corrected chi connectivity index (χ2v) is 6.13. The molecule has 0 aromatic carbocycles. The summed E-state index contributed by atoms with van der Waals surface area (Å²) in [4.78, 5) is 12.5. The Bertz CT molecular complexity index is 299. The Morgan fingerprint density at radius 2 is 2.06 bits per heavy atom. The first kappa shape index (κ1) is 11.9. The van der Waals surface area contributed by atoms with Gasteiger partial charge in [-0.25, -0.2) is 0 Å². The van der Waals surface area contributed by atoms with Crippen molar-refractivity contribution in [3.63, 3.8) is 0 Å². The van der Waals surface area contributed by atoms with Gasteiger partial charge in [0.25, 0.3) is 0 Å². The highest BCUT2D eigenvalue weighted by atomic mass is 16.1. The predicted octanol–water partition coefficient (Wildman–Crippen LogP) is 4.27. The van der Waals surface area contributed by atoms with E-state index >= 15 is 0 Å². The van der Waals surface area contributed by atoms with Crippen molar-refractivity contribution in [2.75, 3.05) is 0 Å². The van der Waals surface area contributed by atoms with E-state index in [-0.39, 0.29) is 5.41 Å². The topological polar surface area (TPSA) is 17.1 Å². The van der Waals surface area contributed by atoms with Gasteiger partial charge < -0.3 is 0 Å². The van der Waals surface area contributed by atoms with Crippen LogP contribution >= 0.6 is 0 Å². The third-order valence-corrected chi connectivity index (χ3v) is 4.43. The zero-order valence-corrected chi connectivity index (χ0v) is 10.7. The molecule has 0 bridgehead atoms. The van der Waals surface area contributed by atoms with Crippen LogP contribution in [0.1, 0.15) is 65.2 Å². The van der Waals surface area contributed by atoms with Crippen molar-refractivity contribution in [2.45, 2.75) is 65.2 Å². The number of Topliss-reactive ketones (excluding diaryl/α,β-unsaturated/α-hetero) is 1. The molecule has 16 heavy (non-hydrogen) atoms. The van der Waals surface area contributed by atoms with Gasteiger partial charge in [-0.3, -0.25) is 4.79 Å². The van der Waals surface area contributed by atoms with Crippen LogP contribution in [-0.4, -0.2) is 5.78 Å². The molecule has 1 fully saturated rings. The predicted molar refractivity (Wildman–Crippen MR) is 67.3 cm³/mol. The van der Waals surface area contributed by atoms with Gasteiger partial charge in [0.05, 0.1) is 0 Å². The van der Waals surface area contributed by atoms with E-state index in [4.69, 9.17) is 0 Å². The van der Waals surface area contributed by atoms with Crippen LogP contribution < -0.4 is 0 Å². The maximum absolute atomic E-state index is 12.5. The highest BCUT2D eigenvalue weighted by Crippen LogP contribution is 2.44. The molecule has 0 amide bonds. The van der Waals surface area contributed by atoms with E-state index in [9.17, 15) is 4.79 Å². The molecular weight excluding hydrogens is 196 g/mol. The lowest BCUT2D eigenvalue weighted by molar-refractivity contribution is -0.121. The van der Waals surface area contributed by atoms with Crippen molar-refractivity contribution < 1.29 is 4.79 Å². The Morgan fingerprint density at radius 1 is 1.25 bits per heavy atom. The molecule has 0 aromatic rings. The van der Waals surface area contributed by atoms with Crippen LogP contribution in [-0.2, 0) is 4.79 Å². The molecule has 90 valence electrons. The largest absolute Gasteiger partial charge is 0.294 e. The van der Waals surface area contributed by atoms with E-state index in [2.05, 4.69) is 19.9 Å². The first-order valence-corrected chi connectivity index (χ1v) is 6.84. The lowest BCUT2D eigenvalue weighted by Crippen LogP contribution is -2.27. The number of hydrogen-bond donors (Lipinski definition) is 0. The number of carbonyl (C=O) groups is 1. The summed E-state index contributed by atoms with van der Waals surface area (Å²) < 4.78 is 0. The molecule has 0 heterocycles. The average Bonchev–Trinajstić information content (AvgIpc) is 2.48. The summed E-state index contributed by atoms with van der Waals surface area (Å²) >= 11 is 0. The fraction of sp³-hybridized carbons (Fsp3) is 0.800. The van der Waals surface area contributed by atoms with Gasteiger partial charge in [-0.1, -0.05) is 32.8 Å². The van der Waals surface area contributed by atoms with E-state index in [0.29, 0.717) is 11.7 Å². The Balaban J connectivity index is 2.09. The first-order chi connectivity index (χ1) is 7.61. The first-order valence-electron chi connectivity index (χ1n) is 6.84. The van der Waals surface area contributed by atoms with Gasteiger partial charge in [-0.05, 0) is 49.5 Å². The molecule has 0 radical (unpaired) electrons. The van der Waals surface area contributed by atoms with Gasteiger partial charge in [0, 0.05) is 5.92 Å². The summed E-state index contributed by atoms with van der Waals surface area (Å²) in [5.41, 5.74) is 1.39. The molecule has 0 spiro atoms. The van der Waals surface area contributed by atoms with Crippen LogP contribution in [0.2, 0.25) is 0 Å². The molecule has 2 aliphatic rings. The number of allylic oxidation sites excluding steroid dienone is 2. The second-order valence-electron chi connectivity index (χ2n) is 6.13. The minimum absolute atomic E-state index is 0.240. The Morgan fingerprint density at radius 3 is 2.75 bits per heavy atom. The minimum atomic E-state index is 0.240. The van der Waals surface area contributed by atoms with E-state index in [1.54, 1.807) is 0 Å². The van der Waals surface area contributed by atoms with Gasteiger partial charge in [0.1, 0.15) is 0 Å². The van der Waals surface area contributed by atoms with E-state index in [0.717, 1.165) is 24.8 Å². The number of rotatable bonds is 2. The van der Waals surface area contributed by atoms with Crippen LogP contribution in [0.25, 0.3) is 0 Å². The van der Waals surface area contributed by atoms with Crippen LogP contribution in [0.4, 0.5) is 0 Å². The molecule has 1 atom stereocenters. The standard InChI is InChI=1S/C15H24O/c1-15(2)11-7-10-13(15)14(16)12-8-5-3-4-6-9-12/h8,13H,3-7,9-11H2,1-2H3. The molecule has 0 aliphatic heterocycles. The van der Waals surface area contributed by atoms with Gasteiger partial charge in [0.15, 0.2) is 5.78 Å². The van der Waals surface area contributed by atoms with Crippen molar-refractivity contribution in [2.24, 2.45) is 11.3 Å². The quantitative estimate of drug-likeness (QED) is 0.679. The zero-order valence-electron chi connectivity index (χ0n) is 10.7. The monoisotopic (exact) mass is 220 g/mol. The van der Waals surface area contributed by atoms with Crippen molar-refractivity contribution in [1.29, 1.82) is 0 Å². The third kappa shape index (κ3) is 2.39. The second kappa shape index (κ2) is 4.73. The molecule has 1 heteroatoms. The molecule has 1 nitrogen and oxygen atoms in total. The van der Waals surface area contributed by atoms with E-state index in [1.807, 2.05) is 0 Å². The Hall–Kier alpha value is -0.590. The normalized spacial score (nSPS) is 29.6. The fourth-order valence-corrected chi connectivity index (χ4v) is 3.28. The van der Waals surface area contributed by atoms with Crippen LogP contribution in [0.15, 0.2) is 11.6 Å². The summed E-state index contributed by atoms with van der Waals surface area (Å²) in [6.07, 6.45) is 11.7. The molecule has 0 aromatic heterocycles. The van der Waals surface area contributed by atoms with Crippen molar-refractivity contribution in [3.05, 3.63) is 11.6 Å². The molecular formula is C15H24O. The van der Waals surface area contributed by atoms with Crippen molar-refractivity contribution in [1.82, 2.24) is 0 Å². The van der Waals surface area contributed by atoms with E-state index in [1.165, 1.54) is 32.1 Å². The summed E-state index contributed by atoms with van der Waals surface area (Å²) in [6, 6.07) is 0. The lowest BCUT2D eigenvalue weighted by atomic mass is 9.77. The molecule has 2 aliphatic carbocycles. The fourth-order valence-electron chi connectivity index (χ4n) is 3.28. The maximum atomic E-state index is 12.5. The Kier molecular flexibility index (Phi) is 3.51. The molecule has 2 rings (SSSR count). The van der Waals surface area contributed by atoms with Gasteiger partial charge in [-0.2, -0.15) is 0 Å². The maximum Gasteiger partial charge on any atom is 0.162 e. The molecule has 0 saturated heterocycles. The van der Waals surface area contributed by atoms with Gasteiger partial charge in [-0.15, -0.1) is 0 Å². The SMILES string of the molecule is CC1(C)CCCC1C(=O)C1=CCCCCC1. The average molecular weight is 220 g/mol. The lowest BCUT2D eigenvalue weighted by Gasteiger charge is -2.26. The summed E-state index contributed by atoms with van der Waals surface area (Å²) in [5, 5.41) is 0. The van der Waals surface area contributed by atoms with Crippen molar-refractivity contribution in [3.8, 4) is 0 Å².